The molecule has 1 aromatic rings. The molecule has 0 aliphatic heterocycles. The summed E-state index contributed by atoms with van der Waals surface area (Å²) < 4.78 is 0. The molecule has 0 spiro atoms. The minimum Gasteiger partial charge on any atom is -0.364 e. The van der Waals surface area contributed by atoms with Crippen molar-refractivity contribution < 1.29 is 4.79 Å². The second kappa shape index (κ2) is 5.07. The molecule has 0 fully saturated rings. The number of primary amides is 1. The van der Waals surface area contributed by atoms with Crippen LogP contribution in [0.1, 0.15) is 41.0 Å². The number of hydrogen-bond acceptors (Lipinski definition) is 4. The average Bonchev–Trinajstić information content (AvgIpc) is 2.62. The molecule has 4 nitrogen and oxygen atoms in total. The molecular weight excluding hydrogens is 198 g/mol. The van der Waals surface area contributed by atoms with E-state index in [1.54, 1.807) is 6.20 Å². The first-order valence-corrected chi connectivity index (χ1v) is 5.45. The molecule has 1 amide bonds. The maximum absolute atomic E-state index is 10.8. The smallest absolute Gasteiger partial charge is 0.277 e. The molecule has 0 aliphatic carbocycles. The highest BCUT2D eigenvalue weighted by atomic mass is 32.1. The van der Waals surface area contributed by atoms with Gasteiger partial charge in [0, 0.05) is 17.1 Å². The fourth-order valence-corrected chi connectivity index (χ4v) is 1.86. The van der Waals surface area contributed by atoms with Crippen LogP contribution < -0.4 is 11.1 Å². The second-order valence-electron chi connectivity index (χ2n) is 3.11. The lowest BCUT2D eigenvalue weighted by atomic mass is 10.3. The van der Waals surface area contributed by atoms with E-state index in [-0.39, 0.29) is 6.04 Å². The molecule has 1 aromatic heterocycles. The first-order chi connectivity index (χ1) is 6.65. The van der Waals surface area contributed by atoms with Crippen molar-refractivity contribution in [1.82, 2.24) is 10.3 Å². The first-order valence-electron chi connectivity index (χ1n) is 4.64. The van der Waals surface area contributed by atoms with Gasteiger partial charge in [-0.15, -0.1) is 11.3 Å². The van der Waals surface area contributed by atoms with Gasteiger partial charge in [0.05, 0.1) is 0 Å². The largest absolute Gasteiger partial charge is 0.364 e. The number of nitrogens with one attached hydrogen (secondary N) is 1. The molecule has 1 atom stereocenters. The molecule has 14 heavy (non-hydrogen) atoms. The molecule has 0 saturated heterocycles. The van der Waals surface area contributed by atoms with E-state index in [2.05, 4.69) is 17.2 Å². The number of thiazole rings is 1. The van der Waals surface area contributed by atoms with E-state index in [0.29, 0.717) is 5.01 Å². The summed E-state index contributed by atoms with van der Waals surface area (Å²) in [6.07, 6.45) is 2.80. The van der Waals surface area contributed by atoms with Gasteiger partial charge in [-0.05, 0) is 19.9 Å². The van der Waals surface area contributed by atoms with Gasteiger partial charge >= 0.3 is 0 Å². The molecule has 0 radical (unpaired) electrons. The van der Waals surface area contributed by atoms with Crippen molar-refractivity contribution in [2.75, 3.05) is 6.54 Å². The molecule has 1 unspecified atom stereocenters. The Kier molecular flexibility index (Phi) is 4.03. The van der Waals surface area contributed by atoms with Gasteiger partial charge in [-0.2, -0.15) is 0 Å². The van der Waals surface area contributed by atoms with E-state index >= 15 is 0 Å². The van der Waals surface area contributed by atoms with Crippen molar-refractivity contribution in [2.45, 2.75) is 26.3 Å². The zero-order valence-corrected chi connectivity index (χ0v) is 9.23. The number of rotatable bonds is 5. The third kappa shape index (κ3) is 2.78. The normalized spacial score (nSPS) is 12.7. The third-order valence-electron chi connectivity index (χ3n) is 1.86. The SMILES string of the molecule is CCCNC(C)c1cnc(C(N)=O)s1. The number of carbonyl (C=O) groups is 1. The number of aromatic nitrogens is 1. The van der Waals surface area contributed by atoms with E-state index in [1.165, 1.54) is 11.3 Å². The van der Waals surface area contributed by atoms with Crippen molar-refractivity contribution in [3.05, 3.63) is 16.1 Å². The van der Waals surface area contributed by atoms with Crippen molar-refractivity contribution in [1.29, 1.82) is 0 Å². The van der Waals surface area contributed by atoms with Crippen molar-refractivity contribution in [2.24, 2.45) is 5.73 Å². The van der Waals surface area contributed by atoms with Gasteiger partial charge in [-0.1, -0.05) is 6.92 Å². The minimum absolute atomic E-state index is 0.237. The summed E-state index contributed by atoms with van der Waals surface area (Å²) in [6, 6.07) is 0.237. The maximum atomic E-state index is 10.8. The fourth-order valence-electron chi connectivity index (χ4n) is 1.06. The Bertz CT molecular complexity index is 311. The van der Waals surface area contributed by atoms with Crippen LogP contribution in [0, 0.1) is 0 Å². The molecular formula is C9H15N3OS. The molecule has 1 heterocycles. The molecule has 0 saturated carbocycles. The van der Waals surface area contributed by atoms with E-state index in [9.17, 15) is 4.79 Å². The number of carbonyl (C=O) groups excluding carboxylic acids is 1. The lowest BCUT2D eigenvalue weighted by Gasteiger charge is -2.09. The van der Waals surface area contributed by atoms with Crippen molar-refractivity contribution in [3.63, 3.8) is 0 Å². The topological polar surface area (TPSA) is 68.0 Å². The Hall–Kier alpha value is -0.940. The van der Waals surface area contributed by atoms with Crippen LogP contribution in [-0.2, 0) is 0 Å². The zero-order chi connectivity index (χ0) is 10.6. The summed E-state index contributed by atoms with van der Waals surface area (Å²) in [5.41, 5.74) is 5.12. The summed E-state index contributed by atoms with van der Waals surface area (Å²) >= 11 is 1.35. The Labute approximate surface area is 87.5 Å². The monoisotopic (exact) mass is 213 g/mol. The maximum Gasteiger partial charge on any atom is 0.277 e. The van der Waals surface area contributed by atoms with Crippen LogP contribution in [0.25, 0.3) is 0 Å². The molecule has 5 heteroatoms. The predicted molar refractivity (Wildman–Crippen MR) is 57.3 cm³/mol. The molecule has 0 bridgehead atoms. The zero-order valence-electron chi connectivity index (χ0n) is 8.41. The third-order valence-corrected chi connectivity index (χ3v) is 3.06. The average molecular weight is 213 g/mol. The van der Waals surface area contributed by atoms with E-state index in [1.807, 2.05) is 6.92 Å². The number of nitrogens with two attached hydrogens (primary N) is 1. The van der Waals surface area contributed by atoms with Crippen LogP contribution in [-0.4, -0.2) is 17.4 Å². The standard InChI is InChI=1S/C9H15N3OS/c1-3-4-11-6(2)7-5-12-9(14-7)8(10)13/h5-6,11H,3-4H2,1-2H3,(H2,10,13). The Balaban J connectivity index is 2.61. The molecule has 3 N–H and O–H groups in total. The van der Waals surface area contributed by atoms with E-state index in [4.69, 9.17) is 5.73 Å². The molecule has 78 valence electrons. The molecule has 0 aromatic carbocycles. The predicted octanol–water partition coefficient (Wildman–Crippen LogP) is 1.30. The lowest BCUT2D eigenvalue weighted by molar-refractivity contribution is 0.1000. The van der Waals surface area contributed by atoms with Gasteiger partial charge < -0.3 is 11.1 Å². The van der Waals surface area contributed by atoms with E-state index < -0.39 is 5.91 Å². The first kappa shape index (κ1) is 11.1. The van der Waals surface area contributed by atoms with Crippen molar-refractivity contribution in [3.8, 4) is 0 Å². The van der Waals surface area contributed by atoms with Gasteiger partial charge in [0.15, 0.2) is 5.01 Å². The highest BCUT2D eigenvalue weighted by molar-refractivity contribution is 7.13. The summed E-state index contributed by atoms with van der Waals surface area (Å²) in [4.78, 5) is 15.8. The quantitative estimate of drug-likeness (QED) is 0.774. The summed E-state index contributed by atoms with van der Waals surface area (Å²) in [5.74, 6) is -0.455. The molecule has 1 rings (SSSR count). The minimum atomic E-state index is -0.455. The number of nitrogens with zero attached hydrogens (tertiary/aromatic N) is 1. The van der Waals surface area contributed by atoms with Crippen LogP contribution in [0.2, 0.25) is 0 Å². The second-order valence-corrected chi connectivity index (χ2v) is 4.17. The van der Waals surface area contributed by atoms with Gasteiger partial charge in [0.2, 0.25) is 0 Å². The van der Waals surface area contributed by atoms with Crippen LogP contribution in [0.4, 0.5) is 0 Å². The van der Waals surface area contributed by atoms with Gasteiger partial charge in [0.25, 0.3) is 5.91 Å². The van der Waals surface area contributed by atoms with Gasteiger partial charge in [0.1, 0.15) is 0 Å². The fraction of sp³-hybridized carbons (Fsp3) is 0.556. The van der Waals surface area contributed by atoms with Crippen LogP contribution >= 0.6 is 11.3 Å². The Morgan fingerprint density at radius 1 is 1.79 bits per heavy atom. The van der Waals surface area contributed by atoms with E-state index in [0.717, 1.165) is 17.8 Å². The number of hydrogen-bond donors (Lipinski definition) is 2. The lowest BCUT2D eigenvalue weighted by Crippen LogP contribution is -2.18. The summed E-state index contributed by atoms with van der Waals surface area (Å²) in [6.45, 7) is 5.13. The summed E-state index contributed by atoms with van der Waals surface area (Å²) in [5, 5.41) is 3.70. The Morgan fingerprint density at radius 3 is 3.00 bits per heavy atom. The van der Waals surface area contributed by atoms with Crippen LogP contribution in [0.5, 0.6) is 0 Å². The number of amides is 1. The highest BCUT2D eigenvalue weighted by Crippen LogP contribution is 2.19. The van der Waals surface area contributed by atoms with Crippen LogP contribution in [0.15, 0.2) is 6.20 Å². The molecule has 0 aliphatic rings. The Morgan fingerprint density at radius 2 is 2.50 bits per heavy atom. The summed E-state index contributed by atoms with van der Waals surface area (Å²) in [7, 11) is 0. The van der Waals surface area contributed by atoms with Gasteiger partial charge in [-0.25, -0.2) is 4.98 Å². The van der Waals surface area contributed by atoms with Crippen LogP contribution in [0.3, 0.4) is 0 Å². The highest BCUT2D eigenvalue weighted by Gasteiger charge is 2.11. The van der Waals surface area contributed by atoms with Crippen molar-refractivity contribution >= 4 is 17.2 Å². The van der Waals surface area contributed by atoms with Gasteiger partial charge in [-0.3, -0.25) is 4.79 Å².